The molecule has 252 valence electrons. The van der Waals surface area contributed by atoms with Crippen LogP contribution < -0.4 is 10.6 Å². The number of thiophene rings is 1. The minimum absolute atomic E-state index is 0.0250. The summed E-state index contributed by atoms with van der Waals surface area (Å²) in [4.78, 5) is 30.9. The summed E-state index contributed by atoms with van der Waals surface area (Å²) in [6.45, 7) is 16.2. The first-order valence-electron chi connectivity index (χ1n) is 15.8. The molecule has 0 saturated carbocycles. The van der Waals surface area contributed by atoms with Gasteiger partial charge in [0.05, 0.1) is 34.1 Å². The normalized spacial score (nSPS) is 15.7. The third-order valence-corrected chi connectivity index (χ3v) is 9.68. The fourth-order valence-corrected chi connectivity index (χ4v) is 7.55. The molecular formula is C34H50N6O4S2. The minimum Gasteiger partial charge on any atom is -0.444 e. The number of rotatable bonds is 9. The van der Waals surface area contributed by atoms with Gasteiger partial charge in [0.25, 0.3) is 0 Å². The van der Waals surface area contributed by atoms with Crippen LogP contribution in [-0.2, 0) is 27.7 Å². The second kappa shape index (κ2) is 17.0. The molecule has 1 amide bonds. The molecule has 1 aromatic carbocycles. The number of carbonyl (C=O) groups is 2. The van der Waals surface area contributed by atoms with E-state index in [-0.39, 0.29) is 18.2 Å². The van der Waals surface area contributed by atoms with E-state index in [1.54, 1.807) is 29.8 Å². The van der Waals surface area contributed by atoms with Crippen LogP contribution in [0.2, 0.25) is 0 Å². The highest BCUT2D eigenvalue weighted by Crippen LogP contribution is 2.50. The van der Waals surface area contributed by atoms with Gasteiger partial charge in [0.2, 0.25) is 0 Å². The number of thiazole rings is 1. The monoisotopic (exact) mass is 670 g/mol. The summed E-state index contributed by atoms with van der Waals surface area (Å²) in [5, 5.41) is 12.8. The summed E-state index contributed by atoms with van der Waals surface area (Å²) >= 11 is 3.43. The molecule has 12 heteroatoms. The van der Waals surface area contributed by atoms with E-state index < -0.39 is 5.60 Å². The molecule has 0 radical (unpaired) electrons. The summed E-state index contributed by atoms with van der Waals surface area (Å²) in [6, 6.07) is 6.37. The Morgan fingerprint density at radius 2 is 1.89 bits per heavy atom. The molecular weight excluding hydrogens is 621 g/mol. The predicted molar refractivity (Wildman–Crippen MR) is 191 cm³/mol. The number of nitrogens with one attached hydrogen (secondary N) is 2. The number of hydrogen-bond acceptors (Lipinski definition) is 10. The van der Waals surface area contributed by atoms with Crippen LogP contribution in [0.1, 0.15) is 71.4 Å². The molecule has 1 aliphatic heterocycles. The average Bonchev–Trinajstić information content (AvgIpc) is 3.73. The molecule has 0 saturated heterocycles. The minimum atomic E-state index is -0.525. The fourth-order valence-electron chi connectivity index (χ4n) is 5.22. The van der Waals surface area contributed by atoms with Gasteiger partial charge in [-0.2, -0.15) is 5.10 Å². The van der Waals surface area contributed by atoms with Crippen LogP contribution >= 0.6 is 22.7 Å². The largest absolute Gasteiger partial charge is 0.444 e. The molecule has 46 heavy (non-hydrogen) atoms. The van der Waals surface area contributed by atoms with Crippen LogP contribution in [0.4, 0.5) is 9.80 Å². The van der Waals surface area contributed by atoms with E-state index in [1.165, 1.54) is 16.0 Å². The third-order valence-electron chi connectivity index (χ3n) is 7.20. The second-order valence-electron chi connectivity index (χ2n) is 11.8. The zero-order valence-corrected chi connectivity index (χ0v) is 30.5. The fraction of sp³-hybridized carbons (Fsp3) is 0.529. The van der Waals surface area contributed by atoms with Crippen molar-refractivity contribution < 1.29 is 19.1 Å². The Labute approximate surface area is 281 Å². The zero-order valence-electron chi connectivity index (χ0n) is 28.9. The molecule has 0 spiro atoms. The lowest BCUT2D eigenvalue weighted by Crippen LogP contribution is -2.46. The van der Waals surface area contributed by atoms with Crippen molar-refractivity contribution in [1.29, 1.82) is 0 Å². The molecule has 4 heterocycles. The maximum atomic E-state index is 13.0. The van der Waals surface area contributed by atoms with Crippen molar-refractivity contribution in [2.24, 2.45) is 7.05 Å². The second-order valence-corrected chi connectivity index (χ2v) is 13.9. The number of ether oxygens (including phenoxy) is 2. The summed E-state index contributed by atoms with van der Waals surface area (Å²) in [7, 11) is 5.53. The van der Waals surface area contributed by atoms with E-state index in [9.17, 15) is 9.59 Å². The molecule has 3 aromatic heterocycles. The highest BCUT2D eigenvalue weighted by molar-refractivity contribution is 7.22. The number of carbonyl (C=O) groups excluding carboxylic acids is 2. The van der Waals surface area contributed by atoms with Gasteiger partial charge in [-0.05, 0) is 64.3 Å². The Morgan fingerprint density at radius 1 is 1.15 bits per heavy atom. The highest BCUT2D eigenvalue weighted by Gasteiger charge is 2.39. The molecule has 10 nitrogen and oxygen atoms in total. The third kappa shape index (κ3) is 9.15. The van der Waals surface area contributed by atoms with Crippen LogP contribution in [0.3, 0.4) is 0 Å². The molecule has 5 rings (SSSR count). The summed E-state index contributed by atoms with van der Waals surface area (Å²) in [6.07, 6.45) is 5.89. The van der Waals surface area contributed by atoms with E-state index in [0.29, 0.717) is 13.0 Å². The van der Waals surface area contributed by atoms with E-state index >= 15 is 0 Å². The molecule has 0 fully saturated rings. The van der Waals surface area contributed by atoms with Gasteiger partial charge in [0.1, 0.15) is 16.9 Å². The molecule has 2 unspecified atom stereocenters. The maximum absolute atomic E-state index is 13.0. The number of anilines is 1. The van der Waals surface area contributed by atoms with Gasteiger partial charge in [0.15, 0.2) is 0 Å². The highest BCUT2D eigenvalue weighted by atomic mass is 32.1. The van der Waals surface area contributed by atoms with Crippen molar-refractivity contribution in [3.8, 4) is 21.7 Å². The number of aldehydes is 1. The van der Waals surface area contributed by atoms with E-state index in [2.05, 4.69) is 47.8 Å². The average molecular weight is 671 g/mol. The smallest absolute Gasteiger partial charge is 0.411 e. The summed E-state index contributed by atoms with van der Waals surface area (Å²) < 4.78 is 13.5. The van der Waals surface area contributed by atoms with E-state index in [1.807, 2.05) is 70.7 Å². The quantitative estimate of drug-likeness (QED) is 0.139. The topological polar surface area (TPSA) is 111 Å². The molecule has 1 aliphatic rings. The van der Waals surface area contributed by atoms with Crippen molar-refractivity contribution in [1.82, 2.24) is 25.0 Å². The lowest BCUT2D eigenvalue weighted by molar-refractivity contribution is -0.107. The Morgan fingerprint density at radius 3 is 2.50 bits per heavy atom. The van der Waals surface area contributed by atoms with Crippen LogP contribution in [0.15, 0.2) is 30.6 Å². The standard InChI is InChI=1S/C26H31N5O2S2.C6H13NO2.C2H6/c1-14-10-18-21(23(27-6)35-22(18)15(2)31(14)25(32)33-26(3,4)5)24-29-19-11-16(8-9-20(19)34-24)17-12-28-30(7)13-17;1-9-6-4-7-3-2-5-8;1-2/h8-9,11-15,27H,10H2,1-7H3;5,7H,2-4,6H2,1H3;1-2H3. The number of methoxy groups -OCH3 is 1. The Kier molecular flexibility index (Phi) is 13.7. The van der Waals surface area contributed by atoms with Gasteiger partial charge in [-0.3, -0.25) is 9.58 Å². The van der Waals surface area contributed by atoms with Gasteiger partial charge in [-0.15, -0.1) is 22.7 Å². The van der Waals surface area contributed by atoms with Crippen LogP contribution in [0, 0.1) is 0 Å². The van der Waals surface area contributed by atoms with Gasteiger partial charge in [-0.1, -0.05) is 19.9 Å². The first kappa shape index (κ1) is 37.1. The zero-order chi connectivity index (χ0) is 34.0. The molecule has 2 N–H and O–H groups in total. The molecule has 2 atom stereocenters. The first-order chi connectivity index (χ1) is 22.0. The number of hydrogen-bond donors (Lipinski definition) is 2. The number of fused-ring (bicyclic) bond motifs is 2. The Bertz CT molecular complexity index is 1570. The van der Waals surface area contributed by atoms with Crippen molar-refractivity contribution >= 4 is 50.3 Å². The number of aromatic nitrogens is 3. The number of benzene rings is 1. The van der Waals surface area contributed by atoms with Crippen molar-refractivity contribution in [3.05, 3.63) is 41.0 Å². The lowest BCUT2D eigenvalue weighted by Gasteiger charge is -2.39. The SMILES string of the molecule is CC.CNc1sc2c(c1-c1nc3cc(-c4cnn(C)c4)ccc3s1)CC(C)N(C(=O)OC(C)(C)C)C2C.COCCNCCC=O. The summed E-state index contributed by atoms with van der Waals surface area (Å²) in [5.74, 6) is 0. The molecule has 0 aliphatic carbocycles. The maximum Gasteiger partial charge on any atom is 0.411 e. The predicted octanol–water partition coefficient (Wildman–Crippen LogP) is 7.55. The number of aryl methyl sites for hydroxylation is 1. The Hall–Kier alpha value is -3.32. The van der Waals surface area contributed by atoms with Crippen LogP contribution in [-0.4, -0.2) is 77.5 Å². The molecule has 0 bridgehead atoms. The van der Waals surface area contributed by atoms with Crippen LogP contribution in [0.5, 0.6) is 0 Å². The van der Waals surface area contributed by atoms with Gasteiger partial charge < -0.3 is 24.9 Å². The Balaban J connectivity index is 0.000000454. The number of amides is 1. The van der Waals surface area contributed by atoms with Gasteiger partial charge in [-0.25, -0.2) is 9.78 Å². The first-order valence-corrected chi connectivity index (χ1v) is 17.5. The summed E-state index contributed by atoms with van der Waals surface area (Å²) in [5.41, 5.74) is 5.10. The van der Waals surface area contributed by atoms with Gasteiger partial charge in [0, 0.05) is 69.0 Å². The van der Waals surface area contributed by atoms with Crippen molar-refractivity contribution in [3.63, 3.8) is 0 Å². The van der Waals surface area contributed by atoms with Crippen LogP contribution in [0.25, 0.3) is 31.9 Å². The van der Waals surface area contributed by atoms with E-state index in [4.69, 9.17) is 14.5 Å². The van der Waals surface area contributed by atoms with Crippen molar-refractivity contribution in [2.45, 2.75) is 79.0 Å². The molecule has 4 aromatic rings. The van der Waals surface area contributed by atoms with Crippen molar-refractivity contribution in [2.75, 3.05) is 39.2 Å². The van der Waals surface area contributed by atoms with Gasteiger partial charge >= 0.3 is 6.09 Å². The van der Waals surface area contributed by atoms with E-state index in [0.717, 1.165) is 57.1 Å². The number of nitrogens with zero attached hydrogens (tertiary/aromatic N) is 4. The lowest BCUT2D eigenvalue weighted by atomic mass is 9.93.